The van der Waals surface area contributed by atoms with Crippen LogP contribution in [0.3, 0.4) is 0 Å². The third kappa shape index (κ3) is 3.05. The molecule has 24 heavy (non-hydrogen) atoms. The molecule has 1 aromatic rings. The molecule has 0 radical (unpaired) electrons. The molecule has 2 rings (SSSR count). The lowest BCUT2D eigenvalue weighted by molar-refractivity contribution is -0.130. The minimum Gasteiger partial charge on any atom is -0.382 e. The quantitative estimate of drug-likeness (QED) is 0.820. The van der Waals surface area contributed by atoms with Crippen molar-refractivity contribution in [2.45, 2.75) is 58.0 Å². The molecular weight excluding hydrogens is 308 g/mol. The van der Waals surface area contributed by atoms with E-state index in [4.69, 9.17) is 10.5 Å². The van der Waals surface area contributed by atoms with Gasteiger partial charge in [-0.05, 0) is 38.7 Å². The number of hydrogen-bond acceptors (Lipinski definition) is 4. The van der Waals surface area contributed by atoms with Crippen molar-refractivity contribution in [3.63, 3.8) is 0 Å². The maximum atomic E-state index is 13.0. The third-order valence-corrected chi connectivity index (χ3v) is 5.01. The molecule has 1 fully saturated rings. The summed E-state index contributed by atoms with van der Waals surface area (Å²) in [4.78, 5) is 26.6. The Balaban J connectivity index is 2.34. The number of aryl methyl sites for hydroxylation is 1. The van der Waals surface area contributed by atoms with Crippen molar-refractivity contribution in [3.8, 4) is 0 Å². The number of carbonyl (C=O) groups excluding carboxylic acids is 2. The largest absolute Gasteiger partial charge is 0.382 e. The number of nitrogens with two attached hydrogens (primary N) is 1. The van der Waals surface area contributed by atoms with Crippen LogP contribution in [0.2, 0.25) is 0 Å². The van der Waals surface area contributed by atoms with E-state index in [9.17, 15) is 9.59 Å². The molecule has 134 valence electrons. The van der Waals surface area contributed by atoms with Crippen LogP contribution in [0.1, 0.15) is 61.8 Å². The second-order valence-corrected chi connectivity index (χ2v) is 6.48. The number of amides is 2. The summed E-state index contributed by atoms with van der Waals surface area (Å²) >= 11 is 0. The fraction of sp³-hybridized carbons (Fsp3) is 0.706. The van der Waals surface area contributed by atoms with Crippen LogP contribution in [0, 0.1) is 6.92 Å². The highest BCUT2D eigenvalue weighted by Crippen LogP contribution is 2.31. The van der Waals surface area contributed by atoms with Crippen LogP contribution in [-0.4, -0.2) is 52.3 Å². The van der Waals surface area contributed by atoms with Gasteiger partial charge in [0, 0.05) is 19.3 Å². The number of ether oxygens (including phenoxy) is 1. The number of primary amides is 1. The zero-order valence-corrected chi connectivity index (χ0v) is 15.0. The smallest absolute Gasteiger partial charge is 0.275 e. The summed E-state index contributed by atoms with van der Waals surface area (Å²) in [5, 5.41) is 4.51. The van der Waals surface area contributed by atoms with Crippen LogP contribution >= 0.6 is 0 Å². The fourth-order valence-electron chi connectivity index (χ4n) is 3.63. The van der Waals surface area contributed by atoms with Crippen molar-refractivity contribution in [3.05, 3.63) is 17.5 Å². The van der Waals surface area contributed by atoms with Crippen molar-refractivity contribution in [1.82, 2.24) is 14.7 Å². The lowest BCUT2D eigenvalue weighted by Crippen LogP contribution is -2.58. The molecule has 0 aliphatic carbocycles. The average molecular weight is 336 g/mol. The molecule has 2 N–H and O–H groups in total. The van der Waals surface area contributed by atoms with E-state index in [-0.39, 0.29) is 18.6 Å². The summed E-state index contributed by atoms with van der Waals surface area (Å²) in [5.74, 6) is -0.775. The Bertz CT molecular complexity index is 609. The van der Waals surface area contributed by atoms with Crippen LogP contribution < -0.4 is 5.73 Å². The summed E-state index contributed by atoms with van der Waals surface area (Å²) in [6, 6.07) is 2.06. The normalized spacial score (nSPS) is 20.8. The van der Waals surface area contributed by atoms with Crippen molar-refractivity contribution in [2.75, 3.05) is 20.3 Å². The van der Waals surface area contributed by atoms with E-state index in [1.165, 1.54) is 12.0 Å². The first-order valence-corrected chi connectivity index (χ1v) is 8.58. The van der Waals surface area contributed by atoms with Crippen LogP contribution in [0.4, 0.5) is 0 Å². The molecule has 0 spiro atoms. The first-order valence-electron chi connectivity index (χ1n) is 8.58. The Morgan fingerprint density at radius 1 is 1.42 bits per heavy atom. The number of carbonyl (C=O) groups is 2. The number of nitrogens with zero attached hydrogens (tertiary/aromatic N) is 3. The average Bonchev–Trinajstić information content (AvgIpc) is 3.14. The topological polar surface area (TPSA) is 90.4 Å². The van der Waals surface area contributed by atoms with Crippen molar-refractivity contribution >= 4 is 11.8 Å². The second kappa shape index (κ2) is 7.34. The maximum Gasteiger partial charge on any atom is 0.275 e. The van der Waals surface area contributed by atoms with Gasteiger partial charge in [0.15, 0.2) is 5.69 Å². The van der Waals surface area contributed by atoms with Crippen molar-refractivity contribution in [2.24, 2.45) is 5.73 Å². The molecule has 1 atom stereocenters. The molecule has 1 aliphatic rings. The molecule has 2 heterocycles. The van der Waals surface area contributed by atoms with Gasteiger partial charge in [-0.2, -0.15) is 5.10 Å². The maximum absolute atomic E-state index is 13.0. The number of aromatic nitrogens is 2. The standard InChI is InChI=1S/C17H28N4O3/c1-5-13(6-2)21-12(3)10-14(19-21)15(22)20-9-7-8-17(20,11-24-4)16(18)23/h10,13H,5-9,11H2,1-4H3,(H2,18,23). The molecule has 7 heteroatoms. The second-order valence-electron chi connectivity index (χ2n) is 6.48. The Hall–Kier alpha value is -1.89. The van der Waals surface area contributed by atoms with Crippen molar-refractivity contribution < 1.29 is 14.3 Å². The Kier molecular flexibility index (Phi) is 5.64. The zero-order valence-electron chi connectivity index (χ0n) is 15.0. The van der Waals surface area contributed by atoms with Crippen LogP contribution in [0.15, 0.2) is 6.07 Å². The molecule has 1 unspecified atom stereocenters. The first-order chi connectivity index (χ1) is 11.4. The molecule has 2 amide bonds. The molecule has 0 bridgehead atoms. The number of hydrogen-bond donors (Lipinski definition) is 1. The van der Waals surface area contributed by atoms with Gasteiger partial charge >= 0.3 is 0 Å². The van der Waals surface area contributed by atoms with E-state index >= 15 is 0 Å². The summed E-state index contributed by atoms with van der Waals surface area (Å²) < 4.78 is 7.10. The van der Waals surface area contributed by atoms with E-state index in [0.29, 0.717) is 18.7 Å². The fourth-order valence-corrected chi connectivity index (χ4v) is 3.63. The highest BCUT2D eigenvalue weighted by Gasteiger charge is 2.49. The van der Waals surface area contributed by atoms with Gasteiger partial charge < -0.3 is 15.4 Å². The van der Waals surface area contributed by atoms with Crippen LogP contribution in [0.25, 0.3) is 0 Å². The highest BCUT2D eigenvalue weighted by atomic mass is 16.5. The van der Waals surface area contributed by atoms with Crippen molar-refractivity contribution in [1.29, 1.82) is 0 Å². The number of likely N-dealkylation sites (tertiary alicyclic amines) is 1. The Morgan fingerprint density at radius 2 is 2.08 bits per heavy atom. The Labute approximate surface area is 143 Å². The summed E-state index contributed by atoms with van der Waals surface area (Å²) in [7, 11) is 1.51. The lowest BCUT2D eigenvalue weighted by atomic mass is 9.96. The van der Waals surface area contributed by atoms with E-state index in [1.807, 2.05) is 11.6 Å². The zero-order chi connectivity index (χ0) is 17.9. The van der Waals surface area contributed by atoms with Gasteiger partial charge in [0.2, 0.25) is 5.91 Å². The van der Waals surface area contributed by atoms with Gasteiger partial charge in [-0.3, -0.25) is 14.3 Å². The molecule has 1 aromatic heterocycles. The van der Waals surface area contributed by atoms with Crippen LogP contribution in [0.5, 0.6) is 0 Å². The van der Waals surface area contributed by atoms with Gasteiger partial charge in [0.05, 0.1) is 12.6 Å². The van der Waals surface area contributed by atoms with Gasteiger partial charge in [-0.1, -0.05) is 13.8 Å². The molecular formula is C17H28N4O3. The molecule has 1 aliphatic heterocycles. The number of rotatable bonds is 7. The SMILES string of the molecule is CCC(CC)n1nc(C(=O)N2CCCC2(COC)C(N)=O)cc1C. The predicted octanol–water partition coefficient (Wildman–Crippen LogP) is 1.66. The van der Waals surface area contributed by atoms with E-state index < -0.39 is 11.4 Å². The summed E-state index contributed by atoms with van der Waals surface area (Å²) in [5.41, 5.74) is 5.85. The minimum absolute atomic E-state index is 0.111. The van der Waals surface area contributed by atoms with Crippen LogP contribution in [-0.2, 0) is 9.53 Å². The summed E-state index contributed by atoms with van der Waals surface area (Å²) in [6.45, 7) is 6.76. The molecule has 7 nitrogen and oxygen atoms in total. The molecule has 0 saturated carbocycles. The van der Waals surface area contributed by atoms with Gasteiger partial charge in [-0.15, -0.1) is 0 Å². The van der Waals surface area contributed by atoms with Gasteiger partial charge in [0.25, 0.3) is 5.91 Å². The minimum atomic E-state index is -1.07. The highest BCUT2D eigenvalue weighted by molar-refractivity contribution is 5.98. The molecule has 0 aromatic carbocycles. The van der Waals surface area contributed by atoms with E-state index in [2.05, 4.69) is 18.9 Å². The van der Waals surface area contributed by atoms with Gasteiger partial charge in [-0.25, -0.2) is 0 Å². The third-order valence-electron chi connectivity index (χ3n) is 5.01. The molecule has 1 saturated heterocycles. The number of methoxy groups -OCH3 is 1. The monoisotopic (exact) mass is 336 g/mol. The Morgan fingerprint density at radius 3 is 2.62 bits per heavy atom. The van der Waals surface area contributed by atoms with Gasteiger partial charge in [0.1, 0.15) is 5.54 Å². The first kappa shape index (κ1) is 18.4. The van der Waals surface area contributed by atoms with E-state index in [1.54, 1.807) is 6.07 Å². The lowest BCUT2D eigenvalue weighted by Gasteiger charge is -2.34. The summed E-state index contributed by atoms with van der Waals surface area (Å²) in [6.07, 6.45) is 3.15. The predicted molar refractivity (Wildman–Crippen MR) is 90.7 cm³/mol. The van der Waals surface area contributed by atoms with E-state index in [0.717, 1.165) is 25.0 Å².